The van der Waals surface area contributed by atoms with Gasteiger partial charge in [-0.3, -0.25) is 4.79 Å². The average molecular weight is 267 g/mol. The quantitative estimate of drug-likeness (QED) is 0.738. The lowest BCUT2D eigenvalue weighted by Gasteiger charge is -2.11. The predicted octanol–water partition coefficient (Wildman–Crippen LogP) is 1.74. The fourth-order valence-corrected chi connectivity index (χ4v) is 2.47. The molecule has 1 unspecified atom stereocenters. The third kappa shape index (κ3) is 4.41. The highest BCUT2D eigenvalue weighted by Gasteiger charge is 2.15. The van der Waals surface area contributed by atoms with Crippen molar-refractivity contribution in [1.29, 1.82) is 0 Å². The Morgan fingerprint density at radius 1 is 1.44 bits per heavy atom. The second kappa shape index (κ2) is 7.06. The molecule has 1 atom stereocenters. The fraction of sp³-hybridized carbons (Fsp3) is 0.385. The number of aryl methyl sites for hydroxylation is 2. The van der Waals surface area contributed by atoms with Crippen LogP contribution in [-0.2, 0) is 15.3 Å². The van der Waals surface area contributed by atoms with E-state index in [0.29, 0.717) is 12.2 Å². The molecule has 1 rings (SSSR count). The average Bonchev–Trinajstić information content (AvgIpc) is 2.32. The third-order valence-corrected chi connectivity index (χ3v) is 3.80. The fourth-order valence-electron chi connectivity index (χ4n) is 1.46. The molecule has 2 N–H and O–H groups in total. The lowest BCUT2D eigenvalue weighted by Crippen LogP contribution is -2.37. The molecule has 0 saturated carbocycles. The number of rotatable bonds is 7. The molecule has 1 aromatic rings. The Hall–Kier alpha value is -1.49. The zero-order valence-electron chi connectivity index (χ0n) is 10.5. The first-order valence-corrected chi connectivity index (χ1v) is 6.76. The first-order valence-electron chi connectivity index (χ1n) is 5.61. The van der Waals surface area contributed by atoms with Gasteiger partial charge < -0.3 is 10.4 Å². The predicted molar refractivity (Wildman–Crippen MR) is 72.7 cm³/mol. The van der Waals surface area contributed by atoms with Gasteiger partial charge in [-0.1, -0.05) is 18.2 Å². The van der Waals surface area contributed by atoms with Gasteiger partial charge in [-0.15, -0.1) is 0 Å². The van der Waals surface area contributed by atoms with Crippen LogP contribution in [0.15, 0.2) is 18.2 Å². The highest BCUT2D eigenvalue weighted by molar-refractivity contribution is 7.98. The monoisotopic (exact) mass is 267 g/mol. The summed E-state index contributed by atoms with van der Waals surface area (Å²) in [6, 6.07) is 5.38. The van der Waals surface area contributed by atoms with E-state index in [4.69, 9.17) is 5.11 Å². The molecule has 0 bridgehead atoms. The van der Waals surface area contributed by atoms with E-state index in [1.807, 2.05) is 6.07 Å². The van der Waals surface area contributed by atoms with Gasteiger partial charge in [0.25, 0.3) is 0 Å². The standard InChI is InChI=1S/C13H17NO3S/c1-9-3-4-11(5-10(9)2)6-18-7-12(13(16)17)14-8-15/h3-5,8,12H,6-7H2,1-2H3,(H,14,15)(H,16,17). The molecule has 4 nitrogen and oxygen atoms in total. The number of carboxylic acid groups (broad SMARTS) is 1. The van der Waals surface area contributed by atoms with Crippen molar-refractivity contribution in [3.05, 3.63) is 34.9 Å². The molecule has 1 aromatic carbocycles. The van der Waals surface area contributed by atoms with Crippen molar-refractivity contribution in [3.63, 3.8) is 0 Å². The first kappa shape index (κ1) is 14.6. The Morgan fingerprint density at radius 3 is 2.72 bits per heavy atom. The van der Waals surface area contributed by atoms with Gasteiger partial charge in [-0.2, -0.15) is 11.8 Å². The summed E-state index contributed by atoms with van der Waals surface area (Å²) in [5.41, 5.74) is 3.64. The van der Waals surface area contributed by atoms with E-state index in [1.54, 1.807) is 0 Å². The maximum atomic E-state index is 10.8. The smallest absolute Gasteiger partial charge is 0.327 e. The summed E-state index contributed by atoms with van der Waals surface area (Å²) in [6.07, 6.45) is 0.426. The summed E-state index contributed by atoms with van der Waals surface area (Å²) < 4.78 is 0. The van der Waals surface area contributed by atoms with Crippen LogP contribution in [0.2, 0.25) is 0 Å². The van der Waals surface area contributed by atoms with Gasteiger partial charge in [-0.25, -0.2) is 4.79 Å². The van der Waals surface area contributed by atoms with Gasteiger partial charge in [0, 0.05) is 11.5 Å². The van der Waals surface area contributed by atoms with Gasteiger partial charge in [0.05, 0.1) is 0 Å². The maximum Gasteiger partial charge on any atom is 0.327 e. The molecular formula is C13H17NO3S. The molecule has 0 spiro atoms. The molecule has 18 heavy (non-hydrogen) atoms. The van der Waals surface area contributed by atoms with Crippen LogP contribution in [0.1, 0.15) is 16.7 Å². The van der Waals surface area contributed by atoms with Crippen molar-refractivity contribution >= 4 is 24.1 Å². The Labute approximate surface area is 111 Å². The SMILES string of the molecule is Cc1ccc(CSCC(NC=O)C(=O)O)cc1C. The van der Waals surface area contributed by atoms with E-state index in [2.05, 4.69) is 31.3 Å². The molecule has 0 aromatic heterocycles. The van der Waals surface area contributed by atoms with Gasteiger partial charge in [0.15, 0.2) is 0 Å². The molecule has 0 aliphatic rings. The van der Waals surface area contributed by atoms with Crippen LogP contribution in [0.4, 0.5) is 0 Å². The van der Waals surface area contributed by atoms with Crippen LogP contribution in [-0.4, -0.2) is 29.3 Å². The number of benzene rings is 1. The van der Waals surface area contributed by atoms with Crippen molar-refractivity contribution in [2.75, 3.05) is 5.75 Å². The first-order chi connectivity index (χ1) is 8.54. The lowest BCUT2D eigenvalue weighted by molar-refractivity contribution is -0.139. The van der Waals surface area contributed by atoms with Crippen molar-refractivity contribution in [2.24, 2.45) is 0 Å². The number of thioether (sulfide) groups is 1. The summed E-state index contributed by atoms with van der Waals surface area (Å²) in [4.78, 5) is 21.0. The van der Waals surface area contributed by atoms with E-state index in [0.717, 1.165) is 5.75 Å². The van der Waals surface area contributed by atoms with Crippen LogP contribution in [0.25, 0.3) is 0 Å². The number of nitrogens with one attached hydrogen (secondary N) is 1. The Kier molecular flexibility index (Phi) is 5.71. The Morgan fingerprint density at radius 2 is 2.17 bits per heavy atom. The molecule has 1 amide bonds. The highest BCUT2D eigenvalue weighted by Crippen LogP contribution is 2.16. The molecule has 0 heterocycles. The second-order valence-electron chi connectivity index (χ2n) is 4.11. The van der Waals surface area contributed by atoms with Gasteiger partial charge >= 0.3 is 5.97 Å². The Balaban J connectivity index is 2.47. The van der Waals surface area contributed by atoms with Crippen molar-refractivity contribution in [1.82, 2.24) is 5.32 Å². The number of hydrogen-bond donors (Lipinski definition) is 2. The molecule has 0 aliphatic heterocycles. The largest absolute Gasteiger partial charge is 0.480 e. The molecule has 0 radical (unpaired) electrons. The third-order valence-electron chi connectivity index (χ3n) is 2.69. The lowest BCUT2D eigenvalue weighted by atomic mass is 10.1. The van der Waals surface area contributed by atoms with Gasteiger partial charge in [0.1, 0.15) is 6.04 Å². The van der Waals surface area contributed by atoms with Crippen LogP contribution in [0.5, 0.6) is 0 Å². The van der Waals surface area contributed by atoms with Crippen molar-refractivity contribution in [3.8, 4) is 0 Å². The van der Waals surface area contributed by atoms with E-state index in [9.17, 15) is 9.59 Å². The second-order valence-corrected chi connectivity index (χ2v) is 5.14. The zero-order valence-corrected chi connectivity index (χ0v) is 11.3. The van der Waals surface area contributed by atoms with Crippen molar-refractivity contribution < 1.29 is 14.7 Å². The molecule has 0 fully saturated rings. The number of carboxylic acids is 1. The highest BCUT2D eigenvalue weighted by atomic mass is 32.2. The normalized spacial score (nSPS) is 11.9. The van der Waals surface area contributed by atoms with Gasteiger partial charge in [0.2, 0.25) is 6.41 Å². The van der Waals surface area contributed by atoms with Gasteiger partial charge in [-0.05, 0) is 30.5 Å². The summed E-state index contributed by atoms with van der Waals surface area (Å²) >= 11 is 1.50. The number of amides is 1. The minimum Gasteiger partial charge on any atom is -0.480 e. The number of aliphatic carboxylic acids is 1. The van der Waals surface area contributed by atoms with Crippen LogP contribution < -0.4 is 5.32 Å². The van der Waals surface area contributed by atoms with Crippen LogP contribution in [0, 0.1) is 13.8 Å². The van der Waals surface area contributed by atoms with E-state index < -0.39 is 12.0 Å². The zero-order chi connectivity index (χ0) is 13.5. The maximum absolute atomic E-state index is 10.8. The summed E-state index contributed by atoms with van der Waals surface area (Å²) in [7, 11) is 0. The van der Waals surface area contributed by atoms with Crippen LogP contribution in [0.3, 0.4) is 0 Å². The summed E-state index contributed by atoms with van der Waals surface area (Å²) in [6.45, 7) is 4.11. The number of carbonyl (C=O) groups excluding carboxylic acids is 1. The minimum atomic E-state index is -1.00. The molecular weight excluding hydrogens is 250 g/mol. The van der Waals surface area contributed by atoms with E-state index >= 15 is 0 Å². The topological polar surface area (TPSA) is 66.4 Å². The minimum absolute atomic E-state index is 0.362. The number of hydrogen-bond acceptors (Lipinski definition) is 3. The van der Waals surface area contributed by atoms with E-state index in [-0.39, 0.29) is 0 Å². The molecule has 98 valence electrons. The summed E-state index contributed by atoms with van der Waals surface area (Å²) in [5, 5.41) is 11.1. The molecule has 5 heteroatoms. The van der Waals surface area contributed by atoms with E-state index in [1.165, 1.54) is 28.5 Å². The number of carbonyl (C=O) groups is 2. The van der Waals surface area contributed by atoms with Crippen molar-refractivity contribution in [2.45, 2.75) is 25.6 Å². The van der Waals surface area contributed by atoms with Crippen LogP contribution >= 0.6 is 11.8 Å². The summed E-state index contributed by atoms with van der Waals surface area (Å²) in [5.74, 6) is 0.0987. The molecule has 0 aliphatic carbocycles. The Bertz CT molecular complexity index is 434. The molecule has 0 saturated heterocycles.